The SMILES string of the molecule is COc1ccc(S(=O)(=O)N2Cc3cc(C(=O)N(C)CCc4ccccc4)sc3[C@H](O)[C@@H]2C(=O)NO)cc1. The molecule has 37 heavy (non-hydrogen) atoms. The van der Waals surface area contributed by atoms with E-state index in [0.29, 0.717) is 34.0 Å². The minimum atomic E-state index is -4.28. The predicted octanol–water partition coefficient (Wildman–Crippen LogP) is 2.18. The maximum atomic E-state index is 13.5. The number of nitrogens with one attached hydrogen (secondary N) is 1. The third-order valence-corrected chi connectivity index (χ3v) is 9.30. The second-order valence-corrected chi connectivity index (χ2v) is 11.5. The first-order valence-corrected chi connectivity index (χ1v) is 13.6. The Kier molecular flexibility index (Phi) is 7.95. The molecule has 1 aromatic heterocycles. The van der Waals surface area contributed by atoms with Crippen LogP contribution < -0.4 is 10.2 Å². The number of hydrogen-bond donors (Lipinski definition) is 3. The second kappa shape index (κ2) is 11.0. The summed E-state index contributed by atoms with van der Waals surface area (Å²) >= 11 is 1.01. The van der Waals surface area contributed by atoms with Gasteiger partial charge in [-0.1, -0.05) is 30.3 Å². The van der Waals surface area contributed by atoms with Crippen molar-refractivity contribution in [1.82, 2.24) is 14.7 Å². The van der Waals surface area contributed by atoms with Crippen molar-refractivity contribution in [3.63, 3.8) is 0 Å². The number of rotatable bonds is 8. The highest BCUT2D eigenvalue weighted by atomic mass is 32.2. The van der Waals surface area contributed by atoms with Gasteiger partial charge in [0.25, 0.3) is 11.8 Å². The summed E-state index contributed by atoms with van der Waals surface area (Å²) in [6.07, 6.45) is -0.936. The van der Waals surface area contributed by atoms with Gasteiger partial charge >= 0.3 is 0 Å². The Morgan fingerprint density at radius 3 is 2.46 bits per heavy atom. The number of ether oxygens (including phenoxy) is 1. The van der Waals surface area contributed by atoms with E-state index in [-0.39, 0.29) is 17.3 Å². The molecule has 1 aliphatic heterocycles. The molecule has 1 aliphatic rings. The van der Waals surface area contributed by atoms with Crippen molar-refractivity contribution in [2.45, 2.75) is 30.0 Å². The maximum Gasteiger partial charge on any atom is 0.264 e. The van der Waals surface area contributed by atoms with Gasteiger partial charge in [0, 0.05) is 25.0 Å². The first-order valence-electron chi connectivity index (χ1n) is 11.4. The number of sulfonamides is 1. The van der Waals surface area contributed by atoms with Crippen molar-refractivity contribution in [1.29, 1.82) is 0 Å². The number of methoxy groups -OCH3 is 1. The molecular formula is C25H27N3O7S2. The fraction of sp³-hybridized carbons (Fsp3) is 0.280. The van der Waals surface area contributed by atoms with Gasteiger partial charge in [-0.2, -0.15) is 4.31 Å². The summed E-state index contributed by atoms with van der Waals surface area (Å²) in [7, 11) is -1.16. The van der Waals surface area contributed by atoms with E-state index >= 15 is 0 Å². The third kappa shape index (κ3) is 5.38. The summed E-state index contributed by atoms with van der Waals surface area (Å²) in [6.45, 7) is 0.192. The summed E-state index contributed by atoms with van der Waals surface area (Å²) in [4.78, 5) is 27.7. The normalized spacial score (nSPS) is 17.6. The number of amides is 2. The Labute approximate surface area is 218 Å². The molecule has 196 valence electrons. The first-order chi connectivity index (χ1) is 17.7. The standard InChI is InChI=1S/C25H27N3O7S2/c1-27(13-12-16-6-4-3-5-7-16)25(31)20-14-17-15-28(21(24(30)26-32)22(29)23(17)36-20)37(33,34)19-10-8-18(35-2)9-11-19/h3-11,14,21-22,29,32H,12-13,15H2,1-2H3,(H,26,30)/t21-,22-/m1/s1. The van der Waals surface area contributed by atoms with Gasteiger partial charge in [0.1, 0.15) is 17.9 Å². The van der Waals surface area contributed by atoms with Crippen LogP contribution in [0.2, 0.25) is 0 Å². The highest BCUT2D eigenvalue weighted by molar-refractivity contribution is 7.89. The van der Waals surface area contributed by atoms with Crippen molar-refractivity contribution < 1.29 is 33.1 Å². The highest BCUT2D eigenvalue weighted by Gasteiger charge is 2.46. The fourth-order valence-electron chi connectivity index (χ4n) is 4.18. The van der Waals surface area contributed by atoms with Gasteiger partial charge in [-0.15, -0.1) is 11.3 Å². The molecule has 3 aromatic rings. The number of nitrogens with zero attached hydrogens (tertiary/aromatic N) is 2. The van der Waals surface area contributed by atoms with E-state index in [4.69, 9.17) is 4.74 Å². The number of hydroxylamine groups is 1. The molecule has 0 spiro atoms. The molecule has 2 atom stereocenters. The molecule has 0 bridgehead atoms. The predicted molar refractivity (Wildman–Crippen MR) is 136 cm³/mol. The number of benzene rings is 2. The van der Waals surface area contributed by atoms with E-state index in [1.807, 2.05) is 30.3 Å². The van der Waals surface area contributed by atoms with E-state index in [1.54, 1.807) is 18.0 Å². The molecule has 3 N–H and O–H groups in total. The molecule has 10 nitrogen and oxygen atoms in total. The van der Waals surface area contributed by atoms with E-state index < -0.39 is 28.1 Å². The summed E-state index contributed by atoms with van der Waals surface area (Å²) in [5.74, 6) is -0.923. The Hall–Kier alpha value is -3.29. The van der Waals surface area contributed by atoms with Gasteiger partial charge in [0.05, 0.1) is 16.9 Å². The largest absolute Gasteiger partial charge is 0.497 e. The van der Waals surface area contributed by atoms with Gasteiger partial charge in [0.15, 0.2) is 0 Å². The Bertz CT molecular complexity index is 1380. The lowest BCUT2D eigenvalue weighted by Gasteiger charge is -2.36. The van der Waals surface area contributed by atoms with Crippen LogP contribution in [-0.2, 0) is 27.8 Å². The number of hydrogen-bond acceptors (Lipinski definition) is 8. The van der Waals surface area contributed by atoms with Crippen LogP contribution in [0.1, 0.15) is 31.8 Å². The quantitative estimate of drug-likeness (QED) is 0.292. The lowest BCUT2D eigenvalue weighted by Crippen LogP contribution is -2.53. The van der Waals surface area contributed by atoms with Crippen LogP contribution in [0, 0.1) is 0 Å². The Morgan fingerprint density at radius 2 is 1.84 bits per heavy atom. The lowest BCUT2D eigenvalue weighted by molar-refractivity contribution is -0.137. The molecule has 0 aliphatic carbocycles. The molecule has 0 saturated carbocycles. The zero-order valence-corrected chi connectivity index (χ0v) is 21.8. The van der Waals surface area contributed by atoms with Gasteiger partial charge in [0.2, 0.25) is 10.0 Å². The van der Waals surface area contributed by atoms with Crippen LogP contribution in [0.4, 0.5) is 0 Å². The zero-order chi connectivity index (χ0) is 26.7. The number of thiophene rings is 1. The highest BCUT2D eigenvalue weighted by Crippen LogP contribution is 2.40. The fourth-order valence-corrected chi connectivity index (χ4v) is 6.93. The van der Waals surface area contributed by atoms with Gasteiger partial charge in [-0.3, -0.25) is 14.8 Å². The molecule has 2 aromatic carbocycles. The van der Waals surface area contributed by atoms with Crippen molar-refractivity contribution in [2.75, 3.05) is 20.7 Å². The minimum Gasteiger partial charge on any atom is -0.497 e. The molecular weight excluding hydrogens is 518 g/mol. The molecule has 0 radical (unpaired) electrons. The van der Waals surface area contributed by atoms with Crippen LogP contribution in [0.15, 0.2) is 65.6 Å². The summed E-state index contributed by atoms with van der Waals surface area (Å²) < 4.78 is 32.9. The number of carbonyl (C=O) groups excluding carboxylic acids is 2. The van der Waals surface area contributed by atoms with Crippen molar-refractivity contribution in [2.24, 2.45) is 0 Å². The van der Waals surface area contributed by atoms with Crippen LogP contribution in [-0.4, -0.2) is 66.5 Å². The number of carbonyl (C=O) groups is 2. The number of fused-ring (bicyclic) bond motifs is 1. The summed E-state index contributed by atoms with van der Waals surface area (Å²) in [6, 6.07) is 15.2. The van der Waals surface area contributed by atoms with Crippen LogP contribution in [0.5, 0.6) is 5.75 Å². The van der Waals surface area contributed by atoms with E-state index in [9.17, 15) is 28.3 Å². The number of likely N-dealkylation sites (N-methyl/N-ethyl adjacent to an activating group) is 1. The van der Waals surface area contributed by atoms with E-state index in [2.05, 4.69) is 0 Å². The molecule has 4 rings (SSSR count). The van der Waals surface area contributed by atoms with Crippen LogP contribution >= 0.6 is 11.3 Å². The Morgan fingerprint density at radius 1 is 1.16 bits per heavy atom. The smallest absolute Gasteiger partial charge is 0.264 e. The summed E-state index contributed by atoms with van der Waals surface area (Å²) in [5, 5.41) is 20.3. The van der Waals surface area contributed by atoms with Gasteiger partial charge < -0.3 is 14.7 Å². The first kappa shape index (κ1) is 26.8. The second-order valence-electron chi connectivity index (χ2n) is 8.55. The van der Waals surface area contributed by atoms with Crippen LogP contribution in [0.3, 0.4) is 0 Å². The maximum absolute atomic E-state index is 13.5. The monoisotopic (exact) mass is 545 g/mol. The molecule has 0 fully saturated rings. The van der Waals surface area contributed by atoms with Crippen LogP contribution in [0.25, 0.3) is 0 Å². The van der Waals surface area contributed by atoms with E-state index in [1.165, 1.54) is 36.9 Å². The summed E-state index contributed by atoms with van der Waals surface area (Å²) in [5.41, 5.74) is 2.95. The van der Waals surface area contributed by atoms with Crippen molar-refractivity contribution in [3.8, 4) is 5.75 Å². The molecule has 2 amide bonds. The molecule has 2 heterocycles. The van der Waals surface area contributed by atoms with Crippen molar-refractivity contribution >= 4 is 33.2 Å². The molecule has 0 unspecified atom stereocenters. The van der Waals surface area contributed by atoms with Gasteiger partial charge in [-0.05, 0) is 47.9 Å². The van der Waals surface area contributed by atoms with Crippen molar-refractivity contribution in [3.05, 3.63) is 81.5 Å². The third-order valence-electron chi connectivity index (χ3n) is 6.23. The topological polar surface area (TPSA) is 136 Å². The molecule has 12 heteroatoms. The average molecular weight is 546 g/mol. The van der Waals surface area contributed by atoms with Gasteiger partial charge in [-0.25, -0.2) is 13.9 Å². The lowest BCUT2D eigenvalue weighted by atomic mass is 10.0. The average Bonchev–Trinajstić information content (AvgIpc) is 3.36. The Balaban J connectivity index is 1.62. The number of aliphatic hydroxyl groups excluding tert-OH is 1. The van der Waals surface area contributed by atoms with E-state index in [0.717, 1.165) is 21.2 Å². The molecule has 0 saturated heterocycles. The number of aliphatic hydroxyl groups is 1. The zero-order valence-electron chi connectivity index (χ0n) is 20.2. The minimum absolute atomic E-state index is 0.119.